The summed E-state index contributed by atoms with van der Waals surface area (Å²) in [6.07, 6.45) is 0.687. The molecule has 1 aliphatic heterocycles. The number of rotatable bonds is 3. The van der Waals surface area contributed by atoms with Crippen molar-refractivity contribution >= 4 is 23.3 Å². The number of para-hydroxylation sites is 1. The predicted octanol–water partition coefficient (Wildman–Crippen LogP) is 4.38. The monoisotopic (exact) mass is 434 g/mol. The number of urea groups is 1. The number of halogens is 1. The zero-order valence-electron chi connectivity index (χ0n) is 16.7. The number of benzene rings is 2. The van der Waals surface area contributed by atoms with Gasteiger partial charge in [-0.2, -0.15) is 5.10 Å². The normalized spacial score (nSPS) is 13.2. The average Bonchev–Trinajstić information content (AvgIpc) is 3.39. The molecule has 0 aliphatic carbocycles. The summed E-state index contributed by atoms with van der Waals surface area (Å²) in [5.41, 5.74) is 3.96. The zero-order chi connectivity index (χ0) is 21.4. The SMILES string of the molecule is Cn1nc(-c2nnc(-c3ccccc3Cl)o2)c2c1CCN(C(=O)Nc1ccccc1)C2. The Balaban J connectivity index is 1.42. The fourth-order valence-corrected chi connectivity index (χ4v) is 3.94. The van der Waals surface area contributed by atoms with Crippen LogP contribution in [-0.4, -0.2) is 37.5 Å². The lowest BCUT2D eigenvalue weighted by molar-refractivity contribution is 0.206. The number of carbonyl (C=O) groups is 1. The molecule has 1 N–H and O–H groups in total. The number of amides is 2. The minimum absolute atomic E-state index is 0.158. The van der Waals surface area contributed by atoms with E-state index in [9.17, 15) is 4.79 Å². The van der Waals surface area contributed by atoms with E-state index in [4.69, 9.17) is 16.0 Å². The van der Waals surface area contributed by atoms with Crippen molar-refractivity contribution in [1.82, 2.24) is 24.9 Å². The number of aryl methyl sites for hydroxylation is 1. The summed E-state index contributed by atoms with van der Waals surface area (Å²) in [4.78, 5) is 14.5. The van der Waals surface area contributed by atoms with E-state index in [1.54, 1.807) is 11.0 Å². The van der Waals surface area contributed by atoms with E-state index in [1.807, 2.05) is 60.3 Å². The van der Waals surface area contributed by atoms with Gasteiger partial charge in [-0.05, 0) is 24.3 Å². The van der Waals surface area contributed by atoms with Crippen LogP contribution in [0.1, 0.15) is 11.3 Å². The summed E-state index contributed by atoms with van der Waals surface area (Å²) >= 11 is 6.26. The third kappa shape index (κ3) is 3.66. The highest BCUT2D eigenvalue weighted by atomic mass is 35.5. The standard InChI is InChI=1S/C22H19ClN6O2/c1-28-18-11-12-29(22(30)24-14-7-3-2-4-8-14)13-16(18)19(27-28)21-26-25-20(31-21)15-9-5-6-10-17(15)23/h2-10H,11-13H2,1H3,(H,24,30). The molecule has 31 heavy (non-hydrogen) atoms. The highest BCUT2D eigenvalue weighted by Crippen LogP contribution is 2.32. The van der Waals surface area contributed by atoms with Crippen molar-refractivity contribution < 1.29 is 9.21 Å². The van der Waals surface area contributed by atoms with Crippen LogP contribution in [0.15, 0.2) is 59.0 Å². The summed E-state index contributed by atoms with van der Waals surface area (Å²) in [5.74, 6) is 0.631. The van der Waals surface area contributed by atoms with E-state index in [-0.39, 0.29) is 6.03 Å². The van der Waals surface area contributed by atoms with Crippen LogP contribution in [-0.2, 0) is 20.0 Å². The third-order valence-electron chi connectivity index (χ3n) is 5.29. The summed E-state index contributed by atoms with van der Waals surface area (Å²) in [6, 6.07) is 16.5. The Kier molecular flexibility index (Phi) is 4.91. The fraction of sp³-hybridized carbons (Fsp3) is 0.182. The van der Waals surface area contributed by atoms with Gasteiger partial charge in [0.2, 0.25) is 5.89 Å². The van der Waals surface area contributed by atoms with Crippen molar-refractivity contribution in [3.05, 3.63) is 70.9 Å². The van der Waals surface area contributed by atoms with Crippen LogP contribution in [0.5, 0.6) is 0 Å². The Morgan fingerprint density at radius 2 is 1.81 bits per heavy atom. The minimum Gasteiger partial charge on any atom is -0.414 e. The Morgan fingerprint density at radius 3 is 2.61 bits per heavy atom. The number of carbonyl (C=O) groups excluding carboxylic acids is 1. The summed E-state index contributed by atoms with van der Waals surface area (Å²) in [5, 5.41) is 16.4. The van der Waals surface area contributed by atoms with Crippen LogP contribution in [0.25, 0.3) is 23.0 Å². The molecule has 5 rings (SSSR count). The molecule has 0 bridgehead atoms. The predicted molar refractivity (Wildman–Crippen MR) is 117 cm³/mol. The third-order valence-corrected chi connectivity index (χ3v) is 5.62. The van der Waals surface area contributed by atoms with E-state index in [0.29, 0.717) is 47.6 Å². The van der Waals surface area contributed by atoms with Gasteiger partial charge in [0.1, 0.15) is 0 Å². The minimum atomic E-state index is -0.158. The second-order valence-corrected chi connectivity index (χ2v) is 7.66. The van der Waals surface area contributed by atoms with Crippen LogP contribution in [0.4, 0.5) is 10.5 Å². The highest BCUT2D eigenvalue weighted by molar-refractivity contribution is 6.33. The van der Waals surface area contributed by atoms with E-state index >= 15 is 0 Å². The Hall–Kier alpha value is -3.65. The first-order chi connectivity index (χ1) is 15.1. The number of aromatic nitrogens is 4. The van der Waals surface area contributed by atoms with E-state index < -0.39 is 0 Å². The lowest BCUT2D eigenvalue weighted by atomic mass is 10.1. The topological polar surface area (TPSA) is 89.1 Å². The van der Waals surface area contributed by atoms with Gasteiger partial charge in [-0.3, -0.25) is 4.68 Å². The molecule has 2 aromatic carbocycles. The molecule has 0 fully saturated rings. The summed E-state index contributed by atoms with van der Waals surface area (Å²) in [6.45, 7) is 1.00. The molecular weight excluding hydrogens is 416 g/mol. The van der Waals surface area contributed by atoms with Crippen molar-refractivity contribution in [1.29, 1.82) is 0 Å². The van der Waals surface area contributed by atoms with Crippen LogP contribution in [0, 0.1) is 0 Å². The van der Waals surface area contributed by atoms with Crippen LogP contribution >= 0.6 is 11.6 Å². The van der Waals surface area contributed by atoms with Crippen LogP contribution in [0.2, 0.25) is 5.02 Å². The average molecular weight is 435 g/mol. The molecule has 156 valence electrons. The molecule has 9 heteroatoms. The van der Waals surface area contributed by atoms with Crippen molar-refractivity contribution in [3.63, 3.8) is 0 Å². The van der Waals surface area contributed by atoms with Gasteiger partial charge < -0.3 is 14.6 Å². The van der Waals surface area contributed by atoms with Gasteiger partial charge >= 0.3 is 6.03 Å². The van der Waals surface area contributed by atoms with Gasteiger partial charge in [0.05, 0.1) is 17.1 Å². The number of fused-ring (bicyclic) bond motifs is 1. The van der Waals surface area contributed by atoms with Crippen LogP contribution < -0.4 is 5.32 Å². The van der Waals surface area contributed by atoms with Gasteiger partial charge in [-0.1, -0.05) is 41.9 Å². The molecule has 0 saturated heterocycles. The molecule has 0 saturated carbocycles. The summed E-state index contributed by atoms with van der Waals surface area (Å²) < 4.78 is 7.72. The quantitative estimate of drug-likeness (QED) is 0.516. The Bertz CT molecular complexity index is 1250. The Labute approximate surface area is 183 Å². The molecule has 3 heterocycles. The van der Waals surface area contributed by atoms with Crippen molar-refractivity contribution in [2.24, 2.45) is 7.05 Å². The van der Waals surface area contributed by atoms with Crippen molar-refractivity contribution in [3.8, 4) is 23.0 Å². The first-order valence-electron chi connectivity index (χ1n) is 9.84. The molecule has 8 nitrogen and oxygen atoms in total. The zero-order valence-corrected chi connectivity index (χ0v) is 17.5. The lowest BCUT2D eigenvalue weighted by Gasteiger charge is -2.27. The molecule has 1 aliphatic rings. The first kappa shape index (κ1) is 19.3. The fourth-order valence-electron chi connectivity index (χ4n) is 3.72. The van der Waals surface area contributed by atoms with Crippen molar-refractivity contribution in [2.45, 2.75) is 13.0 Å². The first-order valence-corrected chi connectivity index (χ1v) is 10.2. The number of anilines is 1. The van der Waals surface area contributed by atoms with Gasteiger partial charge in [0.15, 0.2) is 5.69 Å². The van der Waals surface area contributed by atoms with Crippen molar-refractivity contribution in [2.75, 3.05) is 11.9 Å². The number of nitrogens with one attached hydrogen (secondary N) is 1. The Morgan fingerprint density at radius 1 is 1.06 bits per heavy atom. The van der Waals surface area contributed by atoms with Gasteiger partial charge in [-0.25, -0.2) is 4.79 Å². The van der Waals surface area contributed by atoms with E-state index in [1.165, 1.54) is 0 Å². The molecule has 0 radical (unpaired) electrons. The molecular formula is C22H19ClN6O2. The second-order valence-electron chi connectivity index (χ2n) is 7.26. The summed E-state index contributed by atoms with van der Waals surface area (Å²) in [7, 11) is 1.88. The molecule has 2 aromatic heterocycles. The molecule has 0 atom stereocenters. The maximum Gasteiger partial charge on any atom is 0.322 e. The van der Waals surface area contributed by atoms with Crippen LogP contribution in [0.3, 0.4) is 0 Å². The number of hydrogen-bond acceptors (Lipinski definition) is 5. The molecule has 0 unspecified atom stereocenters. The van der Waals surface area contributed by atoms with Gasteiger partial charge in [0, 0.05) is 37.0 Å². The smallest absolute Gasteiger partial charge is 0.322 e. The molecule has 2 amide bonds. The largest absolute Gasteiger partial charge is 0.414 e. The highest BCUT2D eigenvalue weighted by Gasteiger charge is 2.29. The van der Waals surface area contributed by atoms with E-state index in [0.717, 1.165) is 16.9 Å². The maximum absolute atomic E-state index is 12.8. The van der Waals surface area contributed by atoms with Gasteiger partial charge in [-0.15, -0.1) is 10.2 Å². The van der Waals surface area contributed by atoms with E-state index in [2.05, 4.69) is 20.6 Å². The second kappa shape index (κ2) is 7.88. The molecule has 4 aromatic rings. The molecule has 0 spiro atoms. The number of hydrogen-bond donors (Lipinski definition) is 1. The number of nitrogens with zero attached hydrogens (tertiary/aromatic N) is 5. The lowest BCUT2D eigenvalue weighted by Crippen LogP contribution is -2.39. The maximum atomic E-state index is 12.8. The van der Waals surface area contributed by atoms with Gasteiger partial charge in [0.25, 0.3) is 5.89 Å².